The number of hydrogen-bond acceptors (Lipinski definition) is 3. The van der Waals surface area contributed by atoms with Crippen LogP contribution in [0.25, 0.3) is 22.5 Å². The van der Waals surface area contributed by atoms with E-state index in [1.807, 2.05) is 12.1 Å². The Balaban J connectivity index is 2.15. The number of aryl methyl sites for hydroxylation is 1. The highest BCUT2D eigenvalue weighted by molar-refractivity contribution is 5.77. The first-order valence-corrected chi connectivity index (χ1v) is 5.82. The van der Waals surface area contributed by atoms with Crippen LogP contribution in [-0.4, -0.2) is 20.0 Å². The van der Waals surface area contributed by atoms with Crippen molar-refractivity contribution < 1.29 is 4.39 Å². The number of aromatic nitrogens is 4. The minimum Gasteiger partial charge on any atom is -0.265 e. The summed E-state index contributed by atoms with van der Waals surface area (Å²) >= 11 is 0. The van der Waals surface area contributed by atoms with E-state index in [2.05, 4.69) is 15.2 Å². The van der Waals surface area contributed by atoms with E-state index in [1.165, 1.54) is 16.9 Å². The summed E-state index contributed by atoms with van der Waals surface area (Å²) < 4.78 is 13.0. The Labute approximate surface area is 109 Å². The van der Waals surface area contributed by atoms with Crippen LogP contribution in [0.3, 0.4) is 0 Å². The third-order valence-electron chi connectivity index (χ3n) is 2.79. The van der Waals surface area contributed by atoms with Gasteiger partial charge in [-0.3, -0.25) is 4.98 Å². The van der Waals surface area contributed by atoms with E-state index in [0.717, 1.165) is 22.5 Å². The van der Waals surface area contributed by atoms with E-state index in [1.54, 1.807) is 31.6 Å². The lowest BCUT2D eigenvalue weighted by atomic mass is 10.1. The molecule has 0 saturated heterocycles. The van der Waals surface area contributed by atoms with Crippen LogP contribution in [0.4, 0.5) is 4.39 Å². The molecule has 1 aromatic carbocycles. The summed E-state index contributed by atoms with van der Waals surface area (Å²) in [5.74, 6) is -0.266. The lowest BCUT2D eigenvalue weighted by Crippen LogP contribution is -1.92. The van der Waals surface area contributed by atoms with Crippen LogP contribution in [0.1, 0.15) is 0 Å². The highest BCUT2D eigenvalue weighted by Crippen LogP contribution is 2.28. The van der Waals surface area contributed by atoms with Gasteiger partial charge >= 0.3 is 0 Å². The number of hydrogen-bond donors (Lipinski definition) is 0. The molecule has 0 atom stereocenters. The molecule has 3 rings (SSSR count). The Bertz CT molecular complexity index is 689. The van der Waals surface area contributed by atoms with E-state index in [9.17, 15) is 4.39 Å². The molecule has 0 radical (unpaired) electrons. The van der Waals surface area contributed by atoms with E-state index in [-0.39, 0.29) is 5.82 Å². The van der Waals surface area contributed by atoms with Gasteiger partial charge in [0.2, 0.25) is 0 Å². The molecular formula is C14H11FN4. The quantitative estimate of drug-likeness (QED) is 0.706. The smallest absolute Gasteiger partial charge is 0.123 e. The number of rotatable bonds is 2. The first kappa shape index (κ1) is 11.5. The number of halogens is 1. The van der Waals surface area contributed by atoms with Gasteiger partial charge < -0.3 is 0 Å². The Morgan fingerprint density at radius 2 is 1.37 bits per heavy atom. The second-order valence-corrected chi connectivity index (χ2v) is 4.13. The maximum Gasteiger partial charge on any atom is 0.123 e. The minimum absolute atomic E-state index is 0.266. The molecule has 0 fully saturated rings. The summed E-state index contributed by atoms with van der Waals surface area (Å²) in [7, 11) is 1.76. The molecule has 94 valence electrons. The summed E-state index contributed by atoms with van der Waals surface area (Å²) in [4.78, 5) is 5.50. The van der Waals surface area contributed by atoms with Gasteiger partial charge in [-0.1, -0.05) is 0 Å². The summed E-state index contributed by atoms with van der Waals surface area (Å²) in [5.41, 5.74) is 3.26. The standard InChI is InChI=1S/C14H11FN4/c1-19-17-13(10-2-4-12(15)5-3-10)14(18-19)11-6-8-16-9-7-11/h2-9H,1H3. The van der Waals surface area contributed by atoms with Crippen molar-refractivity contribution in [3.63, 3.8) is 0 Å². The van der Waals surface area contributed by atoms with Crippen LogP contribution < -0.4 is 0 Å². The summed E-state index contributed by atoms with van der Waals surface area (Å²) in [5, 5.41) is 8.71. The molecule has 0 aliphatic carbocycles. The Kier molecular flexibility index (Phi) is 2.79. The lowest BCUT2D eigenvalue weighted by Gasteiger charge is -2.00. The molecule has 0 amide bonds. The fourth-order valence-corrected chi connectivity index (χ4v) is 1.91. The Morgan fingerprint density at radius 3 is 1.95 bits per heavy atom. The average Bonchev–Trinajstić information content (AvgIpc) is 2.83. The van der Waals surface area contributed by atoms with Crippen molar-refractivity contribution in [1.82, 2.24) is 20.0 Å². The van der Waals surface area contributed by atoms with Gasteiger partial charge in [-0.2, -0.15) is 15.0 Å². The second kappa shape index (κ2) is 4.61. The van der Waals surface area contributed by atoms with Crippen molar-refractivity contribution in [2.45, 2.75) is 0 Å². The van der Waals surface area contributed by atoms with Gasteiger partial charge in [0.15, 0.2) is 0 Å². The molecule has 19 heavy (non-hydrogen) atoms. The third kappa shape index (κ3) is 2.22. The van der Waals surface area contributed by atoms with Crippen molar-refractivity contribution in [3.05, 3.63) is 54.6 Å². The molecule has 5 heteroatoms. The zero-order valence-corrected chi connectivity index (χ0v) is 10.3. The molecule has 0 saturated carbocycles. The van der Waals surface area contributed by atoms with Crippen LogP contribution in [0.2, 0.25) is 0 Å². The van der Waals surface area contributed by atoms with E-state index >= 15 is 0 Å². The highest BCUT2D eigenvalue weighted by Gasteiger charge is 2.13. The number of pyridine rings is 1. The largest absolute Gasteiger partial charge is 0.265 e. The van der Waals surface area contributed by atoms with Crippen molar-refractivity contribution in [2.75, 3.05) is 0 Å². The molecule has 0 aliphatic rings. The van der Waals surface area contributed by atoms with Crippen LogP contribution in [-0.2, 0) is 7.05 Å². The first-order chi connectivity index (χ1) is 9.24. The molecule has 3 aromatic rings. The summed E-state index contributed by atoms with van der Waals surface area (Å²) in [6.45, 7) is 0. The molecule has 0 N–H and O–H groups in total. The van der Waals surface area contributed by atoms with Crippen LogP contribution >= 0.6 is 0 Å². The minimum atomic E-state index is -0.266. The van der Waals surface area contributed by atoms with Gasteiger partial charge in [0, 0.05) is 30.6 Å². The molecule has 2 aromatic heterocycles. The third-order valence-corrected chi connectivity index (χ3v) is 2.79. The van der Waals surface area contributed by atoms with E-state index in [0.29, 0.717) is 0 Å². The average molecular weight is 254 g/mol. The maximum atomic E-state index is 13.0. The highest BCUT2D eigenvalue weighted by atomic mass is 19.1. The monoisotopic (exact) mass is 254 g/mol. The molecular weight excluding hydrogens is 243 g/mol. The van der Waals surface area contributed by atoms with Gasteiger partial charge in [0.1, 0.15) is 17.2 Å². The summed E-state index contributed by atoms with van der Waals surface area (Å²) in [6, 6.07) is 9.98. The summed E-state index contributed by atoms with van der Waals surface area (Å²) in [6.07, 6.45) is 3.41. The fraction of sp³-hybridized carbons (Fsp3) is 0.0714. The van der Waals surface area contributed by atoms with E-state index in [4.69, 9.17) is 0 Å². The van der Waals surface area contributed by atoms with Crippen molar-refractivity contribution in [1.29, 1.82) is 0 Å². The van der Waals surface area contributed by atoms with Gasteiger partial charge in [0.25, 0.3) is 0 Å². The molecule has 0 bridgehead atoms. The van der Waals surface area contributed by atoms with E-state index < -0.39 is 0 Å². The van der Waals surface area contributed by atoms with Crippen molar-refractivity contribution in [3.8, 4) is 22.5 Å². The zero-order chi connectivity index (χ0) is 13.2. The van der Waals surface area contributed by atoms with Crippen LogP contribution in [0.15, 0.2) is 48.8 Å². The van der Waals surface area contributed by atoms with Gasteiger partial charge in [0.05, 0.1) is 0 Å². The van der Waals surface area contributed by atoms with Crippen LogP contribution in [0, 0.1) is 5.82 Å². The fourth-order valence-electron chi connectivity index (χ4n) is 1.91. The predicted molar refractivity (Wildman–Crippen MR) is 69.6 cm³/mol. The van der Waals surface area contributed by atoms with Gasteiger partial charge in [-0.05, 0) is 36.4 Å². The Morgan fingerprint density at radius 1 is 0.842 bits per heavy atom. The predicted octanol–water partition coefficient (Wildman–Crippen LogP) is 2.68. The molecule has 4 nitrogen and oxygen atoms in total. The number of benzene rings is 1. The molecule has 2 heterocycles. The molecule has 0 unspecified atom stereocenters. The van der Waals surface area contributed by atoms with Crippen molar-refractivity contribution >= 4 is 0 Å². The normalized spacial score (nSPS) is 10.6. The van der Waals surface area contributed by atoms with Gasteiger partial charge in [-0.25, -0.2) is 4.39 Å². The second-order valence-electron chi connectivity index (χ2n) is 4.13. The van der Waals surface area contributed by atoms with Gasteiger partial charge in [-0.15, -0.1) is 0 Å². The maximum absolute atomic E-state index is 13.0. The lowest BCUT2D eigenvalue weighted by molar-refractivity contribution is 0.628. The molecule has 0 spiro atoms. The zero-order valence-electron chi connectivity index (χ0n) is 10.3. The van der Waals surface area contributed by atoms with Crippen LogP contribution in [0.5, 0.6) is 0 Å². The number of nitrogens with zero attached hydrogens (tertiary/aromatic N) is 4. The van der Waals surface area contributed by atoms with Crippen molar-refractivity contribution in [2.24, 2.45) is 7.05 Å². The Hall–Kier alpha value is -2.56. The SMILES string of the molecule is Cn1nc(-c2ccncc2)c(-c2ccc(F)cc2)n1. The topological polar surface area (TPSA) is 43.6 Å². The first-order valence-electron chi connectivity index (χ1n) is 5.82. The molecule has 0 aliphatic heterocycles.